The highest BCUT2D eigenvalue weighted by molar-refractivity contribution is 9.10. The third-order valence-electron chi connectivity index (χ3n) is 4.19. The summed E-state index contributed by atoms with van der Waals surface area (Å²) >= 11 is 3.51. The van der Waals surface area contributed by atoms with Crippen LogP contribution in [0.4, 0.5) is 0 Å². The Morgan fingerprint density at radius 2 is 1.68 bits per heavy atom. The number of nitrogens with one attached hydrogen (secondary N) is 1. The molecular weight excluding hydrogens is 350 g/mol. The zero-order valence-corrected chi connectivity index (χ0v) is 13.3. The van der Waals surface area contributed by atoms with Gasteiger partial charge in [0, 0.05) is 4.47 Å². The number of cyclic esters (lactones) is 2. The predicted octanol–water partition coefficient (Wildman–Crippen LogP) is 2.07. The quantitative estimate of drug-likeness (QED) is 0.775. The molecule has 0 radical (unpaired) electrons. The summed E-state index contributed by atoms with van der Waals surface area (Å²) < 4.78 is 11.2. The van der Waals surface area contributed by atoms with Crippen molar-refractivity contribution in [2.75, 3.05) is 13.2 Å². The summed E-state index contributed by atoms with van der Waals surface area (Å²) in [6.07, 6.45) is 0. The molecule has 0 fully saturated rings. The molecule has 112 valence electrons. The van der Waals surface area contributed by atoms with Gasteiger partial charge in [-0.1, -0.05) is 28.1 Å². The summed E-state index contributed by atoms with van der Waals surface area (Å²) in [4.78, 5) is 24.3. The highest BCUT2D eigenvalue weighted by Gasteiger charge is 2.45. The van der Waals surface area contributed by atoms with E-state index in [0.29, 0.717) is 11.1 Å². The van der Waals surface area contributed by atoms with E-state index >= 15 is 0 Å². The van der Waals surface area contributed by atoms with Crippen molar-refractivity contribution in [3.05, 3.63) is 56.3 Å². The Morgan fingerprint density at radius 3 is 2.23 bits per heavy atom. The highest BCUT2D eigenvalue weighted by atomic mass is 79.9. The van der Waals surface area contributed by atoms with E-state index in [2.05, 4.69) is 21.2 Å². The van der Waals surface area contributed by atoms with E-state index < -0.39 is 5.92 Å². The van der Waals surface area contributed by atoms with Gasteiger partial charge in [0.05, 0.1) is 28.5 Å². The van der Waals surface area contributed by atoms with Gasteiger partial charge in [-0.3, -0.25) is 0 Å². The molecule has 1 aromatic rings. The Labute approximate surface area is 135 Å². The maximum absolute atomic E-state index is 12.1. The number of dihydropyridines is 1. The lowest BCUT2D eigenvalue weighted by atomic mass is 9.81. The summed E-state index contributed by atoms with van der Waals surface area (Å²) in [5.74, 6) is -1.20. The van der Waals surface area contributed by atoms with Crippen LogP contribution in [0.1, 0.15) is 17.0 Å². The predicted molar refractivity (Wildman–Crippen MR) is 80.7 cm³/mol. The number of aryl methyl sites for hydroxylation is 1. The Kier molecular flexibility index (Phi) is 2.91. The Balaban J connectivity index is 1.91. The zero-order valence-electron chi connectivity index (χ0n) is 11.7. The minimum Gasteiger partial charge on any atom is -0.456 e. The highest BCUT2D eigenvalue weighted by Crippen LogP contribution is 2.43. The first-order chi connectivity index (χ1) is 10.6. The van der Waals surface area contributed by atoms with Crippen LogP contribution >= 0.6 is 15.9 Å². The summed E-state index contributed by atoms with van der Waals surface area (Å²) in [5.41, 5.74) is 4.43. The lowest BCUT2D eigenvalue weighted by molar-refractivity contribution is -0.136. The average Bonchev–Trinajstić information content (AvgIpc) is 3.05. The van der Waals surface area contributed by atoms with Gasteiger partial charge in [0.1, 0.15) is 13.2 Å². The van der Waals surface area contributed by atoms with Gasteiger partial charge in [-0.05, 0) is 24.1 Å². The van der Waals surface area contributed by atoms with Crippen molar-refractivity contribution in [2.24, 2.45) is 0 Å². The van der Waals surface area contributed by atoms with Crippen LogP contribution in [0, 0.1) is 6.92 Å². The van der Waals surface area contributed by atoms with Crippen LogP contribution in [0.15, 0.2) is 45.2 Å². The molecule has 1 aromatic carbocycles. The fraction of sp³-hybridized carbons (Fsp3) is 0.250. The van der Waals surface area contributed by atoms with Crippen molar-refractivity contribution in [1.82, 2.24) is 5.32 Å². The SMILES string of the molecule is Cc1ccc(C2C3=C(COC3=O)NC3=C2C(=O)OC3)cc1Br. The fourth-order valence-electron chi connectivity index (χ4n) is 3.07. The van der Waals surface area contributed by atoms with Crippen molar-refractivity contribution < 1.29 is 19.1 Å². The van der Waals surface area contributed by atoms with Crippen molar-refractivity contribution in [3.63, 3.8) is 0 Å². The summed E-state index contributed by atoms with van der Waals surface area (Å²) in [6.45, 7) is 2.41. The maximum Gasteiger partial charge on any atom is 0.337 e. The summed E-state index contributed by atoms with van der Waals surface area (Å²) in [5, 5.41) is 3.12. The maximum atomic E-state index is 12.1. The summed E-state index contributed by atoms with van der Waals surface area (Å²) in [7, 11) is 0. The largest absolute Gasteiger partial charge is 0.456 e. The van der Waals surface area contributed by atoms with Gasteiger partial charge < -0.3 is 14.8 Å². The molecule has 0 atom stereocenters. The first-order valence-corrected chi connectivity index (χ1v) is 7.69. The monoisotopic (exact) mass is 361 g/mol. The molecule has 0 aliphatic carbocycles. The molecule has 1 N–H and O–H groups in total. The number of ether oxygens (including phenoxy) is 2. The molecule has 4 rings (SSSR count). The van der Waals surface area contributed by atoms with E-state index in [1.165, 1.54) is 0 Å². The van der Waals surface area contributed by atoms with Crippen LogP contribution in [0.3, 0.4) is 0 Å². The van der Waals surface area contributed by atoms with Gasteiger partial charge in [0.25, 0.3) is 0 Å². The van der Waals surface area contributed by atoms with Crippen molar-refractivity contribution >= 4 is 27.9 Å². The van der Waals surface area contributed by atoms with E-state index in [1.54, 1.807) is 0 Å². The van der Waals surface area contributed by atoms with Gasteiger partial charge in [-0.2, -0.15) is 0 Å². The van der Waals surface area contributed by atoms with Crippen LogP contribution in [0.2, 0.25) is 0 Å². The Bertz CT molecular complexity index is 753. The van der Waals surface area contributed by atoms with Gasteiger partial charge in [-0.15, -0.1) is 0 Å². The van der Waals surface area contributed by atoms with Gasteiger partial charge >= 0.3 is 11.9 Å². The molecule has 0 aromatic heterocycles. The molecule has 0 spiro atoms. The number of hydrogen-bond acceptors (Lipinski definition) is 5. The number of rotatable bonds is 1. The van der Waals surface area contributed by atoms with Crippen LogP contribution in [0.5, 0.6) is 0 Å². The van der Waals surface area contributed by atoms with Crippen LogP contribution in [-0.4, -0.2) is 25.2 Å². The standard InChI is InChI=1S/C16H12BrNO4/c1-7-2-3-8(4-9(7)17)12-13-10(5-21-15(13)19)18-11-6-22-16(20)14(11)12/h2-4,12,18H,5-6H2,1H3. The minimum absolute atomic E-state index is 0.211. The van der Waals surface area contributed by atoms with Crippen molar-refractivity contribution in [1.29, 1.82) is 0 Å². The molecule has 6 heteroatoms. The van der Waals surface area contributed by atoms with Crippen LogP contribution in [0.25, 0.3) is 0 Å². The number of hydrogen-bond donors (Lipinski definition) is 1. The van der Waals surface area contributed by atoms with Gasteiger partial charge in [0.2, 0.25) is 0 Å². The molecule has 3 heterocycles. The zero-order chi connectivity index (χ0) is 15.4. The number of carbonyl (C=O) groups excluding carboxylic acids is 2. The Hall–Kier alpha value is -2.08. The number of carbonyl (C=O) groups is 2. The molecule has 0 bridgehead atoms. The van der Waals surface area contributed by atoms with E-state index in [9.17, 15) is 9.59 Å². The third-order valence-corrected chi connectivity index (χ3v) is 5.05. The Morgan fingerprint density at radius 1 is 1.09 bits per heavy atom. The second-order valence-corrected chi connectivity index (χ2v) is 6.36. The van der Waals surface area contributed by atoms with E-state index in [-0.39, 0.29) is 25.2 Å². The van der Waals surface area contributed by atoms with E-state index in [4.69, 9.17) is 9.47 Å². The average molecular weight is 362 g/mol. The third kappa shape index (κ3) is 1.83. The second-order valence-electron chi connectivity index (χ2n) is 5.50. The molecular formula is C16H12BrNO4. The van der Waals surface area contributed by atoms with Gasteiger partial charge in [0.15, 0.2) is 0 Å². The number of benzene rings is 1. The second kappa shape index (κ2) is 4.71. The normalized spacial score (nSPS) is 20.6. The molecule has 3 aliphatic rings. The van der Waals surface area contributed by atoms with Gasteiger partial charge in [-0.25, -0.2) is 9.59 Å². The number of halogens is 1. The smallest absolute Gasteiger partial charge is 0.337 e. The molecule has 0 saturated heterocycles. The van der Waals surface area contributed by atoms with Crippen LogP contribution in [-0.2, 0) is 19.1 Å². The first kappa shape index (κ1) is 13.6. The van der Waals surface area contributed by atoms with E-state index in [1.807, 2.05) is 25.1 Å². The van der Waals surface area contributed by atoms with E-state index in [0.717, 1.165) is 27.0 Å². The topological polar surface area (TPSA) is 64.6 Å². The fourth-order valence-corrected chi connectivity index (χ4v) is 3.47. The number of esters is 2. The van der Waals surface area contributed by atoms with Crippen LogP contribution < -0.4 is 5.32 Å². The first-order valence-electron chi connectivity index (χ1n) is 6.89. The lowest BCUT2D eigenvalue weighted by Crippen LogP contribution is -2.27. The molecule has 0 amide bonds. The minimum atomic E-state index is -0.437. The van der Waals surface area contributed by atoms with Crippen molar-refractivity contribution in [3.8, 4) is 0 Å². The lowest BCUT2D eigenvalue weighted by Gasteiger charge is -2.24. The molecule has 22 heavy (non-hydrogen) atoms. The molecule has 3 aliphatic heterocycles. The van der Waals surface area contributed by atoms with Crippen molar-refractivity contribution in [2.45, 2.75) is 12.8 Å². The summed E-state index contributed by atoms with van der Waals surface area (Å²) in [6, 6.07) is 5.84. The molecule has 0 unspecified atom stereocenters. The molecule has 0 saturated carbocycles. The molecule has 5 nitrogen and oxygen atoms in total.